The molecule has 3 N–H and O–H groups in total. The molecule has 7 nitrogen and oxygen atoms in total. The summed E-state index contributed by atoms with van der Waals surface area (Å²) in [5.41, 5.74) is 2.48. The van der Waals surface area contributed by atoms with Gasteiger partial charge in [-0.05, 0) is 31.2 Å². The number of hydrogen-bond donors (Lipinski definition) is 3. The lowest BCUT2D eigenvalue weighted by atomic mass is 10.1. The number of nitrogens with zero attached hydrogens (tertiary/aromatic N) is 1. The maximum atomic E-state index is 13.6. The number of hydrazone groups is 1. The minimum atomic E-state index is -1.12. The first-order chi connectivity index (χ1) is 12.8. The third kappa shape index (κ3) is 5.27. The van der Waals surface area contributed by atoms with E-state index in [9.17, 15) is 19.1 Å². The highest BCUT2D eigenvalue weighted by atomic mass is 79.9. The SMILES string of the molecule is COc1cc(Br)cc(/C=N/NC(=O)C(C)C(=O)Nc2ccccc2F)c1O. The number of ether oxygens (including phenoxy) is 1. The summed E-state index contributed by atoms with van der Waals surface area (Å²) in [5.74, 6) is -3.01. The van der Waals surface area contributed by atoms with Crippen molar-refractivity contribution < 1.29 is 23.8 Å². The summed E-state index contributed by atoms with van der Waals surface area (Å²) in [6, 6.07) is 8.78. The number of hydrogen-bond acceptors (Lipinski definition) is 5. The van der Waals surface area contributed by atoms with Crippen LogP contribution in [0.15, 0.2) is 46.0 Å². The molecule has 0 saturated carbocycles. The van der Waals surface area contributed by atoms with Crippen molar-refractivity contribution in [1.29, 1.82) is 0 Å². The highest BCUT2D eigenvalue weighted by Gasteiger charge is 2.22. The summed E-state index contributed by atoms with van der Waals surface area (Å²) < 4.78 is 19.2. The van der Waals surface area contributed by atoms with Crippen LogP contribution in [-0.4, -0.2) is 30.2 Å². The van der Waals surface area contributed by atoms with E-state index >= 15 is 0 Å². The lowest BCUT2D eigenvalue weighted by Crippen LogP contribution is -2.34. The van der Waals surface area contributed by atoms with Crippen LogP contribution in [0.2, 0.25) is 0 Å². The van der Waals surface area contributed by atoms with E-state index < -0.39 is 23.5 Å². The van der Waals surface area contributed by atoms with E-state index in [1.165, 1.54) is 38.4 Å². The summed E-state index contributed by atoms with van der Waals surface area (Å²) in [4.78, 5) is 24.1. The van der Waals surface area contributed by atoms with E-state index in [0.29, 0.717) is 10.0 Å². The van der Waals surface area contributed by atoms with Gasteiger partial charge in [0.2, 0.25) is 5.91 Å². The van der Waals surface area contributed by atoms with Gasteiger partial charge in [-0.25, -0.2) is 9.82 Å². The smallest absolute Gasteiger partial charge is 0.252 e. The lowest BCUT2D eigenvalue weighted by Gasteiger charge is -2.11. The molecule has 0 fully saturated rings. The Bertz CT molecular complexity index is 889. The number of phenols is 1. The first-order valence-electron chi connectivity index (χ1n) is 7.78. The van der Waals surface area contributed by atoms with E-state index in [1.807, 2.05) is 0 Å². The third-order valence-electron chi connectivity index (χ3n) is 3.59. The van der Waals surface area contributed by atoms with Gasteiger partial charge < -0.3 is 15.2 Å². The molecule has 0 radical (unpaired) electrons. The molecule has 2 amide bonds. The molecule has 0 saturated heterocycles. The van der Waals surface area contributed by atoms with Crippen molar-refractivity contribution in [3.05, 3.63) is 52.3 Å². The average Bonchev–Trinajstić information content (AvgIpc) is 2.65. The lowest BCUT2D eigenvalue weighted by molar-refractivity contribution is -0.131. The molecule has 0 spiro atoms. The number of anilines is 1. The molecule has 142 valence electrons. The Balaban J connectivity index is 2.00. The Hall–Kier alpha value is -2.94. The van der Waals surface area contributed by atoms with E-state index in [4.69, 9.17) is 4.74 Å². The average molecular weight is 438 g/mol. The number of methoxy groups -OCH3 is 1. The molecular formula is C18H17BrFN3O4. The van der Waals surface area contributed by atoms with Crippen LogP contribution in [0.3, 0.4) is 0 Å². The Morgan fingerprint density at radius 2 is 2.00 bits per heavy atom. The number of rotatable bonds is 6. The van der Waals surface area contributed by atoms with Gasteiger partial charge in [-0.2, -0.15) is 5.10 Å². The minimum absolute atomic E-state index is 0.0168. The summed E-state index contributed by atoms with van der Waals surface area (Å²) in [6.45, 7) is 1.36. The van der Waals surface area contributed by atoms with Crippen molar-refractivity contribution in [2.45, 2.75) is 6.92 Å². The number of halogens is 2. The number of carbonyl (C=O) groups is 2. The highest BCUT2D eigenvalue weighted by molar-refractivity contribution is 9.10. The Morgan fingerprint density at radius 3 is 2.67 bits per heavy atom. The van der Waals surface area contributed by atoms with Crippen molar-refractivity contribution in [2.75, 3.05) is 12.4 Å². The fourth-order valence-electron chi connectivity index (χ4n) is 2.03. The first kappa shape index (κ1) is 20.4. The number of nitrogens with one attached hydrogen (secondary N) is 2. The van der Waals surface area contributed by atoms with Gasteiger partial charge in [-0.15, -0.1) is 0 Å². The zero-order valence-corrected chi connectivity index (χ0v) is 16.1. The normalized spacial score (nSPS) is 11.9. The molecule has 0 heterocycles. The second-order valence-electron chi connectivity index (χ2n) is 5.47. The Morgan fingerprint density at radius 1 is 1.30 bits per heavy atom. The van der Waals surface area contributed by atoms with Crippen LogP contribution < -0.4 is 15.5 Å². The minimum Gasteiger partial charge on any atom is -0.504 e. The first-order valence-corrected chi connectivity index (χ1v) is 8.57. The number of phenolic OH excluding ortho intramolecular Hbond substituents is 1. The van der Waals surface area contributed by atoms with Crippen LogP contribution in [-0.2, 0) is 9.59 Å². The van der Waals surface area contributed by atoms with E-state index in [0.717, 1.165) is 0 Å². The molecule has 2 aromatic rings. The molecular weight excluding hydrogens is 421 g/mol. The van der Waals surface area contributed by atoms with Crippen LogP contribution in [0, 0.1) is 11.7 Å². The molecule has 0 bridgehead atoms. The van der Waals surface area contributed by atoms with E-state index in [1.54, 1.807) is 18.2 Å². The molecule has 1 unspecified atom stereocenters. The summed E-state index contributed by atoms with van der Waals surface area (Å²) in [7, 11) is 1.40. The van der Waals surface area contributed by atoms with Gasteiger partial charge in [0, 0.05) is 10.0 Å². The maximum Gasteiger partial charge on any atom is 0.252 e. The predicted octanol–water partition coefficient (Wildman–Crippen LogP) is 3.03. The van der Waals surface area contributed by atoms with Crippen LogP contribution in [0.1, 0.15) is 12.5 Å². The predicted molar refractivity (Wildman–Crippen MR) is 102 cm³/mol. The zero-order chi connectivity index (χ0) is 20.0. The topological polar surface area (TPSA) is 100 Å². The fourth-order valence-corrected chi connectivity index (χ4v) is 2.49. The monoisotopic (exact) mass is 437 g/mol. The van der Waals surface area contributed by atoms with Gasteiger partial charge in [0.15, 0.2) is 11.5 Å². The number of para-hydroxylation sites is 1. The van der Waals surface area contributed by atoms with Crippen LogP contribution in [0.4, 0.5) is 10.1 Å². The van der Waals surface area contributed by atoms with E-state index in [-0.39, 0.29) is 17.2 Å². The molecule has 0 aliphatic rings. The molecule has 0 aliphatic heterocycles. The number of carbonyl (C=O) groups excluding carboxylic acids is 2. The van der Waals surface area contributed by atoms with Crippen molar-refractivity contribution in [2.24, 2.45) is 11.0 Å². The second-order valence-corrected chi connectivity index (χ2v) is 6.39. The van der Waals surface area contributed by atoms with E-state index in [2.05, 4.69) is 31.8 Å². The van der Waals surface area contributed by atoms with Crippen molar-refractivity contribution in [3.8, 4) is 11.5 Å². The third-order valence-corrected chi connectivity index (χ3v) is 4.04. The molecule has 1 atom stereocenters. The Kier molecular flexibility index (Phi) is 6.89. The van der Waals surface area contributed by atoms with Crippen LogP contribution in [0.25, 0.3) is 0 Å². The number of benzene rings is 2. The summed E-state index contributed by atoms with van der Waals surface area (Å²) in [6.07, 6.45) is 1.21. The standard InChI is InChI=1S/C18H17BrFN3O4/c1-10(17(25)22-14-6-4-3-5-13(14)20)18(26)23-21-9-11-7-12(19)8-15(27-2)16(11)24/h3-10,24H,1-2H3,(H,22,25)(H,23,26)/b21-9+. The fraction of sp³-hybridized carbons (Fsp3) is 0.167. The quantitative estimate of drug-likeness (QED) is 0.367. The molecule has 2 rings (SSSR count). The van der Waals surface area contributed by atoms with Gasteiger partial charge >= 0.3 is 0 Å². The molecule has 0 aromatic heterocycles. The second kappa shape index (κ2) is 9.13. The van der Waals surface area contributed by atoms with Gasteiger partial charge in [-0.1, -0.05) is 28.1 Å². The molecule has 9 heteroatoms. The molecule has 27 heavy (non-hydrogen) atoms. The van der Waals surface area contributed by atoms with Gasteiger partial charge in [-0.3, -0.25) is 9.59 Å². The van der Waals surface area contributed by atoms with Crippen LogP contribution in [0.5, 0.6) is 11.5 Å². The summed E-state index contributed by atoms with van der Waals surface area (Å²) >= 11 is 3.26. The summed E-state index contributed by atoms with van der Waals surface area (Å²) in [5, 5.41) is 16.1. The molecule has 2 aromatic carbocycles. The molecule has 0 aliphatic carbocycles. The number of aromatic hydroxyl groups is 1. The maximum absolute atomic E-state index is 13.6. The Labute approximate surface area is 163 Å². The van der Waals surface area contributed by atoms with Crippen molar-refractivity contribution in [3.63, 3.8) is 0 Å². The van der Waals surface area contributed by atoms with Gasteiger partial charge in [0.25, 0.3) is 5.91 Å². The zero-order valence-electron chi connectivity index (χ0n) is 14.5. The highest BCUT2D eigenvalue weighted by Crippen LogP contribution is 2.32. The van der Waals surface area contributed by atoms with Gasteiger partial charge in [0.1, 0.15) is 11.7 Å². The largest absolute Gasteiger partial charge is 0.504 e. The van der Waals surface area contributed by atoms with Crippen molar-refractivity contribution in [1.82, 2.24) is 5.43 Å². The van der Waals surface area contributed by atoms with Crippen molar-refractivity contribution >= 4 is 39.6 Å². The van der Waals surface area contributed by atoms with Crippen LogP contribution >= 0.6 is 15.9 Å². The number of amides is 2. The van der Waals surface area contributed by atoms with Gasteiger partial charge in [0.05, 0.1) is 19.0 Å².